The van der Waals surface area contributed by atoms with Gasteiger partial charge in [0.1, 0.15) is 0 Å². The summed E-state index contributed by atoms with van der Waals surface area (Å²) in [6.45, 7) is 0.268. The van der Waals surface area contributed by atoms with Gasteiger partial charge in [0.15, 0.2) is 11.5 Å². The molecule has 2 rings (SSSR count). The molecule has 0 bridgehead atoms. The first-order valence-corrected chi connectivity index (χ1v) is 4.79. The molecule has 4 heteroatoms. The predicted octanol–water partition coefficient (Wildman–Crippen LogP) is 1.47. The molecule has 1 aromatic carbocycles. The van der Waals surface area contributed by atoms with Crippen LogP contribution in [0.25, 0.3) is 6.08 Å². The standard InChI is InChI=1S/C12H11NO3/c13-12(14)4-2-1-3-9-5-6-10-11(7-9)16-8-15-10/h1-7H,8H2,(H2,13,14)/b3-1?,4-2+. The number of nitrogens with two attached hydrogens (primary N) is 1. The smallest absolute Gasteiger partial charge is 0.241 e. The fraction of sp³-hybridized carbons (Fsp3) is 0.0833. The fourth-order valence-corrected chi connectivity index (χ4v) is 1.33. The van der Waals surface area contributed by atoms with Gasteiger partial charge in [-0.2, -0.15) is 0 Å². The highest BCUT2D eigenvalue weighted by atomic mass is 16.7. The number of primary amides is 1. The second-order valence-corrected chi connectivity index (χ2v) is 3.23. The maximum atomic E-state index is 10.4. The zero-order valence-corrected chi connectivity index (χ0v) is 8.55. The molecule has 1 aliphatic heterocycles. The molecule has 82 valence electrons. The summed E-state index contributed by atoms with van der Waals surface area (Å²) in [4.78, 5) is 10.4. The summed E-state index contributed by atoms with van der Waals surface area (Å²) in [5, 5.41) is 0. The van der Waals surface area contributed by atoms with Crippen LogP contribution in [-0.4, -0.2) is 12.7 Å². The van der Waals surface area contributed by atoms with Crippen molar-refractivity contribution < 1.29 is 14.3 Å². The highest BCUT2D eigenvalue weighted by Crippen LogP contribution is 2.32. The van der Waals surface area contributed by atoms with E-state index in [2.05, 4.69) is 0 Å². The molecule has 1 amide bonds. The van der Waals surface area contributed by atoms with Crippen molar-refractivity contribution in [1.82, 2.24) is 0 Å². The molecule has 16 heavy (non-hydrogen) atoms. The SMILES string of the molecule is NC(=O)/C=C/C=Cc1ccc2c(c1)OCO2. The van der Waals surface area contributed by atoms with Crippen LogP contribution in [0.5, 0.6) is 11.5 Å². The molecular weight excluding hydrogens is 206 g/mol. The molecule has 0 radical (unpaired) electrons. The van der Waals surface area contributed by atoms with Gasteiger partial charge in [-0.3, -0.25) is 4.79 Å². The summed E-state index contributed by atoms with van der Waals surface area (Å²) in [5.74, 6) is 1.03. The number of hydrogen-bond donors (Lipinski definition) is 1. The second kappa shape index (κ2) is 4.53. The highest BCUT2D eigenvalue weighted by molar-refractivity contribution is 5.86. The van der Waals surface area contributed by atoms with E-state index < -0.39 is 5.91 Å². The molecule has 0 saturated heterocycles. The molecule has 0 atom stereocenters. The third-order valence-electron chi connectivity index (χ3n) is 2.06. The maximum absolute atomic E-state index is 10.4. The lowest BCUT2D eigenvalue weighted by Crippen LogP contribution is -2.04. The van der Waals surface area contributed by atoms with E-state index in [1.165, 1.54) is 6.08 Å². The van der Waals surface area contributed by atoms with Crippen LogP contribution in [0.2, 0.25) is 0 Å². The van der Waals surface area contributed by atoms with Gasteiger partial charge in [0.25, 0.3) is 0 Å². The van der Waals surface area contributed by atoms with Crippen LogP contribution in [0.15, 0.2) is 36.4 Å². The number of benzene rings is 1. The predicted molar refractivity (Wildman–Crippen MR) is 59.9 cm³/mol. The number of allylic oxidation sites excluding steroid dienone is 2. The summed E-state index contributed by atoms with van der Waals surface area (Å²) < 4.78 is 10.4. The second-order valence-electron chi connectivity index (χ2n) is 3.23. The van der Waals surface area contributed by atoms with Crippen LogP contribution in [-0.2, 0) is 4.79 Å². The lowest BCUT2D eigenvalue weighted by atomic mass is 10.2. The molecule has 4 nitrogen and oxygen atoms in total. The molecule has 1 aromatic rings. The van der Waals surface area contributed by atoms with Crippen LogP contribution in [0.4, 0.5) is 0 Å². The number of fused-ring (bicyclic) bond motifs is 1. The van der Waals surface area contributed by atoms with Gasteiger partial charge in [0.05, 0.1) is 0 Å². The molecule has 1 aliphatic rings. The topological polar surface area (TPSA) is 61.6 Å². The molecule has 1 heterocycles. The van der Waals surface area contributed by atoms with Gasteiger partial charge >= 0.3 is 0 Å². The van der Waals surface area contributed by atoms with E-state index in [1.807, 2.05) is 24.3 Å². The Morgan fingerprint density at radius 3 is 2.88 bits per heavy atom. The van der Waals surface area contributed by atoms with Crippen molar-refractivity contribution in [3.8, 4) is 11.5 Å². The summed E-state index contributed by atoms with van der Waals surface area (Å²) in [7, 11) is 0. The first-order valence-electron chi connectivity index (χ1n) is 4.79. The Kier molecular flexibility index (Phi) is 2.91. The Balaban J connectivity index is 2.08. The largest absolute Gasteiger partial charge is 0.454 e. The number of hydrogen-bond acceptors (Lipinski definition) is 3. The highest BCUT2D eigenvalue weighted by Gasteiger charge is 2.11. The Hall–Kier alpha value is -2.23. The monoisotopic (exact) mass is 217 g/mol. The number of rotatable bonds is 3. The minimum absolute atomic E-state index is 0.268. The molecule has 0 spiro atoms. The summed E-state index contributed by atoms with van der Waals surface area (Å²) in [5.41, 5.74) is 5.92. The van der Waals surface area contributed by atoms with Crippen LogP contribution >= 0.6 is 0 Å². The summed E-state index contributed by atoms with van der Waals surface area (Å²) >= 11 is 0. The van der Waals surface area contributed by atoms with Crippen molar-refractivity contribution in [3.63, 3.8) is 0 Å². The molecule has 2 N–H and O–H groups in total. The summed E-state index contributed by atoms with van der Waals surface area (Å²) in [6, 6.07) is 5.62. The van der Waals surface area contributed by atoms with E-state index in [1.54, 1.807) is 12.2 Å². The summed E-state index contributed by atoms with van der Waals surface area (Å²) in [6.07, 6.45) is 6.47. The lowest BCUT2D eigenvalue weighted by molar-refractivity contribution is -0.113. The first-order chi connectivity index (χ1) is 7.75. The van der Waals surface area contributed by atoms with Crippen LogP contribution in [0.3, 0.4) is 0 Å². The first kappa shape index (κ1) is 10.3. The third kappa shape index (κ3) is 2.42. The van der Waals surface area contributed by atoms with Gasteiger partial charge in [0.2, 0.25) is 12.7 Å². The number of ether oxygens (including phenoxy) is 2. The third-order valence-corrected chi connectivity index (χ3v) is 2.06. The fourth-order valence-electron chi connectivity index (χ4n) is 1.33. The molecule has 0 aromatic heterocycles. The minimum atomic E-state index is -0.463. The average Bonchev–Trinajstić information content (AvgIpc) is 2.71. The van der Waals surface area contributed by atoms with Crippen molar-refractivity contribution in [2.75, 3.05) is 6.79 Å². The normalized spacial score (nSPS) is 13.8. The molecule has 0 unspecified atom stereocenters. The van der Waals surface area contributed by atoms with Gasteiger partial charge in [-0.05, 0) is 17.7 Å². The number of carbonyl (C=O) groups is 1. The zero-order valence-electron chi connectivity index (χ0n) is 8.55. The van der Waals surface area contributed by atoms with Gasteiger partial charge in [-0.1, -0.05) is 24.3 Å². The van der Waals surface area contributed by atoms with Gasteiger partial charge < -0.3 is 15.2 Å². The Labute approximate surface area is 93.0 Å². The minimum Gasteiger partial charge on any atom is -0.454 e. The lowest BCUT2D eigenvalue weighted by Gasteiger charge is -1.96. The molecule has 0 saturated carbocycles. The van der Waals surface area contributed by atoms with Crippen LogP contribution in [0.1, 0.15) is 5.56 Å². The molecule has 0 aliphatic carbocycles. The van der Waals surface area contributed by atoms with Crippen LogP contribution in [0, 0.1) is 0 Å². The average molecular weight is 217 g/mol. The van der Waals surface area contributed by atoms with Crippen molar-refractivity contribution in [1.29, 1.82) is 0 Å². The van der Waals surface area contributed by atoms with E-state index in [4.69, 9.17) is 15.2 Å². The Morgan fingerprint density at radius 1 is 1.25 bits per heavy atom. The maximum Gasteiger partial charge on any atom is 0.241 e. The zero-order chi connectivity index (χ0) is 11.4. The van der Waals surface area contributed by atoms with Gasteiger partial charge in [0, 0.05) is 6.08 Å². The van der Waals surface area contributed by atoms with Crippen molar-refractivity contribution in [2.24, 2.45) is 5.73 Å². The molecule has 0 fully saturated rings. The van der Waals surface area contributed by atoms with Gasteiger partial charge in [-0.15, -0.1) is 0 Å². The number of amides is 1. The molecular formula is C12H11NO3. The Bertz CT molecular complexity index is 463. The van der Waals surface area contributed by atoms with E-state index in [9.17, 15) is 4.79 Å². The van der Waals surface area contributed by atoms with E-state index in [0.717, 1.165) is 17.1 Å². The Morgan fingerprint density at radius 2 is 2.06 bits per heavy atom. The van der Waals surface area contributed by atoms with E-state index in [-0.39, 0.29) is 6.79 Å². The van der Waals surface area contributed by atoms with Crippen molar-refractivity contribution >= 4 is 12.0 Å². The van der Waals surface area contributed by atoms with Crippen LogP contribution < -0.4 is 15.2 Å². The van der Waals surface area contributed by atoms with Gasteiger partial charge in [-0.25, -0.2) is 0 Å². The van der Waals surface area contributed by atoms with Crippen molar-refractivity contribution in [2.45, 2.75) is 0 Å². The van der Waals surface area contributed by atoms with E-state index in [0.29, 0.717) is 0 Å². The number of carbonyl (C=O) groups excluding carboxylic acids is 1. The van der Waals surface area contributed by atoms with E-state index >= 15 is 0 Å². The van der Waals surface area contributed by atoms with Crippen molar-refractivity contribution in [3.05, 3.63) is 42.0 Å². The quantitative estimate of drug-likeness (QED) is 0.616.